The number of hydrogen-bond donors (Lipinski definition) is 2. The van der Waals surface area contributed by atoms with E-state index in [0.717, 1.165) is 34.1 Å². The summed E-state index contributed by atoms with van der Waals surface area (Å²) in [5.41, 5.74) is 0.459. The van der Waals surface area contributed by atoms with Gasteiger partial charge in [-0.25, -0.2) is 19.0 Å². The molecular formula is C36H50F2Li2N4O8P2. The molecule has 0 saturated carbocycles. The van der Waals surface area contributed by atoms with E-state index in [1.807, 2.05) is 41.5 Å². The Balaban J connectivity index is 0.000000521. The first-order valence-electron chi connectivity index (χ1n) is 17.5. The zero-order valence-electron chi connectivity index (χ0n) is 33.0. The first-order valence-corrected chi connectivity index (χ1v) is 21.3. The van der Waals surface area contributed by atoms with Gasteiger partial charge in [-0.1, -0.05) is 41.5 Å². The summed E-state index contributed by atoms with van der Waals surface area (Å²) in [6.07, 6.45) is 2.68. The minimum Gasteiger partial charge on any atom is -0.548 e. The molecule has 2 saturated heterocycles. The number of nitrogens with one attached hydrogen (secondary N) is 2. The molecule has 2 N–H and O–H groups in total. The van der Waals surface area contributed by atoms with Crippen molar-refractivity contribution in [1.82, 2.24) is 10.2 Å². The molecule has 18 heteroatoms. The van der Waals surface area contributed by atoms with Crippen molar-refractivity contribution in [1.29, 1.82) is 0 Å². The number of aliphatic carboxylic acids is 2. The van der Waals surface area contributed by atoms with Gasteiger partial charge in [0.05, 0.1) is 24.0 Å². The fourth-order valence-corrected chi connectivity index (χ4v) is 13.2. The minimum absolute atomic E-state index is 0. The number of carboxylic acids is 2. The van der Waals surface area contributed by atoms with Crippen molar-refractivity contribution in [2.75, 3.05) is 22.1 Å². The fraction of sp³-hybridized carbons (Fsp3) is 0.556. The van der Waals surface area contributed by atoms with Crippen LogP contribution in [-0.4, -0.2) is 58.7 Å². The van der Waals surface area contributed by atoms with E-state index in [4.69, 9.17) is 0 Å². The number of amides is 2. The summed E-state index contributed by atoms with van der Waals surface area (Å²) in [6.45, 7) is 14.1. The van der Waals surface area contributed by atoms with Crippen molar-refractivity contribution in [2.24, 2.45) is 11.8 Å². The van der Waals surface area contributed by atoms with Crippen LogP contribution in [0.4, 0.5) is 20.2 Å². The summed E-state index contributed by atoms with van der Waals surface area (Å²) in [7, 11) is -5.90. The second-order valence-electron chi connectivity index (χ2n) is 14.4. The van der Waals surface area contributed by atoms with Gasteiger partial charge in [0.25, 0.3) is 11.8 Å². The van der Waals surface area contributed by atoms with Crippen LogP contribution in [0.3, 0.4) is 0 Å². The molecular weight excluding hydrogens is 730 g/mol. The zero-order valence-corrected chi connectivity index (χ0v) is 34.8. The monoisotopic (exact) mass is 780 g/mol. The van der Waals surface area contributed by atoms with Crippen molar-refractivity contribution < 1.29 is 85.0 Å². The van der Waals surface area contributed by atoms with Gasteiger partial charge < -0.3 is 38.7 Å². The van der Waals surface area contributed by atoms with Crippen LogP contribution in [0, 0.1) is 23.5 Å². The number of nitrogens with zero attached hydrogens (tertiary/aromatic N) is 2. The van der Waals surface area contributed by atoms with Gasteiger partial charge >= 0.3 is 37.7 Å². The number of rotatable bonds is 16. The van der Waals surface area contributed by atoms with Gasteiger partial charge in [0.2, 0.25) is 0 Å². The van der Waals surface area contributed by atoms with Gasteiger partial charge in [-0.05, 0) is 99.9 Å². The largest absolute Gasteiger partial charge is 1.00 e. The molecule has 2 unspecified atom stereocenters. The van der Waals surface area contributed by atoms with Crippen LogP contribution in [-0.2, 0) is 28.3 Å². The molecule has 0 aromatic heterocycles. The second-order valence-corrected chi connectivity index (χ2v) is 20.2. The summed E-state index contributed by atoms with van der Waals surface area (Å²) in [4.78, 5) is 51.8. The van der Waals surface area contributed by atoms with Crippen molar-refractivity contribution in [3.05, 3.63) is 60.2 Å². The molecule has 2 aliphatic rings. The Morgan fingerprint density at radius 3 is 1.13 bits per heavy atom. The standard InChI is InChI=1S/2C18H26FN2O4P.2Li/c2*1-5-10-26(25)18(20-26,11-12(2)3)17(24)21(13(4)16(22)23)15-8-6-14(19)7-9-15;;/h2*6-9,12-13H,5,10-11H2,1-4H3,(H,20,25)(H,22,23);;/q;;2*+1/p-2/t2*13-,18+,26?;;/m00../s1. The molecule has 2 aromatic carbocycles. The number of benzene rings is 2. The van der Waals surface area contributed by atoms with E-state index in [1.54, 1.807) is 0 Å². The summed E-state index contributed by atoms with van der Waals surface area (Å²) in [5.74, 6) is -4.85. The third kappa shape index (κ3) is 10.6. The predicted molar refractivity (Wildman–Crippen MR) is 193 cm³/mol. The SMILES string of the molecule is CCCP1(=O)N[C@@]1(CC(C)C)C(=O)N(c1ccc(F)cc1)[C@@H](C)C(=O)[O-].CCCP1(=O)N[C@@]1(CC(C)C)C(=O)N(c1ccc(F)cc1)[C@@H](C)C(=O)[O-].[Li+].[Li+]. The smallest absolute Gasteiger partial charge is 0.548 e. The molecule has 2 aromatic rings. The number of carbonyl (C=O) groups is 4. The van der Waals surface area contributed by atoms with E-state index in [0.29, 0.717) is 38.0 Å². The Labute approximate surface area is 341 Å². The van der Waals surface area contributed by atoms with Crippen LogP contribution in [0.5, 0.6) is 0 Å². The van der Waals surface area contributed by atoms with Gasteiger partial charge in [-0.3, -0.25) is 9.59 Å². The van der Waals surface area contributed by atoms with Crippen LogP contribution in [0.25, 0.3) is 0 Å². The van der Waals surface area contributed by atoms with Gasteiger partial charge in [-0.15, -0.1) is 0 Å². The molecule has 0 bridgehead atoms. The summed E-state index contributed by atoms with van der Waals surface area (Å²) in [6, 6.07) is 7.38. The van der Waals surface area contributed by atoms with Crippen LogP contribution >= 0.6 is 14.6 Å². The van der Waals surface area contributed by atoms with E-state index in [2.05, 4.69) is 10.2 Å². The molecule has 2 heterocycles. The number of carboxylic acid groups (broad SMARTS) is 2. The quantitative estimate of drug-likeness (QED) is 0.117. The zero-order chi connectivity index (χ0) is 39.4. The second kappa shape index (κ2) is 19.8. The molecule has 288 valence electrons. The van der Waals surface area contributed by atoms with E-state index >= 15 is 0 Å². The van der Waals surface area contributed by atoms with Crippen molar-refractivity contribution in [3.8, 4) is 0 Å². The van der Waals surface area contributed by atoms with Crippen LogP contribution < -0.4 is 67.9 Å². The molecule has 54 heavy (non-hydrogen) atoms. The third-order valence-electron chi connectivity index (χ3n) is 9.16. The molecule has 0 spiro atoms. The van der Waals surface area contributed by atoms with Crippen LogP contribution in [0.1, 0.15) is 81.1 Å². The number of anilines is 2. The topological polar surface area (TPSA) is 199 Å². The number of hydrogen-bond acceptors (Lipinski definition) is 8. The summed E-state index contributed by atoms with van der Waals surface area (Å²) in [5, 5.41) is 26.3. The molecule has 0 aliphatic carbocycles. The van der Waals surface area contributed by atoms with Crippen LogP contribution in [0.15, 0.2) is 48.5 Å². The van der Waals surface area contributed by atoms with E-state index < -0.39 is 72.6 Å². The van der Waals surface area contributed by atoms with Gasteiger partial charge in [0.15, 0.2) is 25.1 Å². The van der Waals surface area contributed by atoms with E-state index in [9.17, 15) is 47.3 Å². The van der Waals surface area contributed by atoms with Gasteiger partial charge in [0, 0.05) is 23.7 Å². The third-order valence-corrected chi connectivity index (χ3v) is 15.8. The van der Waals surface area contributed by atoms with E-state index in [1.165, 1.54) is 38.1 Å². The Morgan fingerprint density at radius 2 is 0.907 bits per heavy atom. The minimum atomic E-state index is -2.95. The predicted octanol–water partition coefficient (Wildman–Crippen LogP) is -1.33. The molecule has 2 fully saturated rings. The maximum absolute atomic E-state index is 13.4. The average Bonchev–Trinajstić information content (AvgIpc) is 3.86. The Bertz CT molecular complexity index is 1610. The summed E-state index contributed by atoms with van der Waals surface area (Å²) < 4.78 is 52.8. The van der Waals surface area contributed by atoms with Crippen molar-refractivity contribution in [3.63, 3.8) is 0 Å². The number of carbonyl (C=O) groups excluding carboxylic acids is 4. The fourth-order valence-electron chi connectivity index (χ4n) is 6.66. The average molecular weight is 781 g/mol. The van der Waals surface area contributed by atoms with Crippen molar-refractivity contribution >= 4 is 49.7 Å². The molecule has 4 rings (SSSR count). The first kappa shape index (κ1) is 49.8. The van der Waals surface area contributed by atoms with Gasteiger partial charge in [0.1, 0.15) is 11.6 Å². The van der Waals surface area contributed by atoms with E-state index in [-0.39, 0.29) is 60.9 Å². The normalized spacial score (nSPS) is 24.8. The maximum Gasteiger partial charge on any atom is 1.00 e. The Morgan fingerprint density at radius 1 is 0.630 bits per heavy atom. The number of halogens is 2. The maximum atomic E-state index is 13.4. The molecule has 2 amide bonds. The molecule has 0 radical (unpaired) electrons. The van der Waals surface area contributed by atoms with Crippen molar-refractivity contribution in [2.45, 2.75) is 104 Å². The molecule has 12 nitrogen and oxygen atoms in total. The summed E-state index contributed by atoms with van der Waals surface area (Å²) >= 11 is 0. The van der Waals surface area contributed by atoms with Gasteiger partial charge in [-0.2, -0.15) is 0 Å². The Kier molecular flexibility index (Phi) is 18.2. The molecule has 6 atom stereocenters. The molecule has 2 aliphatic heterocycles. The first-order chi connectivity index (χ1) is 24.2. The Hall–Kier alpha value is -2.25. The van der Waals surface area contributed by atoms with Crippen LogP contribution in [0.2, 0.25) is 0 Å².